The van der Waals surface area contributed by atoms with Gasteiger partial charge in [0.2, 0.25) is 5.88 Å². The average Bonchev–Trinajstić information content (AvgIpc) is 3.57. The van der Waals surface area contributed by atoms with Crippen molar-refractivity contribution in [3.05, 3.63) is 66.6 Å². The van der Waals surface area contributed by atoms with Gasteiger partial charge in [-0.2, -0.15) is 13.2 Å². The molecule has 7 nitrogen and oxygen atoms in total. The van der Waals surface area contributed by atoms with Crippen LogP contribution in [0, 0.1) is 5.92 Å². The number of halogens is 3. The molecule has 1 fully saturated rings. The molecule has 0 saturated heterocycles. The molecule has 0 spiro atoms. The van der Waals surface area contributed by atoms with Crippen LogP contribution in [0.2, 0.25) is 0 Å². The van der Waals surface area contributed by atoms with Crippen LogP contribution in [0.4, 0.5) is 29.3 Å². The van der Waals surface area contributed by atoms with E-state index >= 15 is 0 Å². The monoisotopic (exact) mass is 467 g/mol. The number of nitrogens with zero attached hydrogens (tertiary/aromatic N) is 2. The van der Waals surface area contributed by atoms with E-state index in [4.69, 9.17) is 4.74 Å². The number of carbonyl (C=O) groups excluding carboxylic acids is 1. The molecule has 3 heterocycles. The van der Waals surface area contributed by atoms with Crippen LogP contribution in [0.1, 0.15) is 18.4 Å². The Morgan fingerprint density at radius 2 is 1.85 bits per heavy atom. The second kappa shape index (κ2) is 8.69. The van der Waals surface area contributed by atoms with Crippen LogP contribution in [0.3, 0.4) is 0 Å². The SMILES string of the molecule is O=C(Nc1ccc(C(F)(F)F)cc1)Nc1c[nH]c2nccc(-c3ccc(OCC4CC4)nc3)c12. The number of amides is 2. The fourth-order valence-electron chi connectivity index (χ4n) is 3.54. The highest BCUT2D eigenvalue weighted by Crippen LogP contribution is 2.34. The Morgan fingerprint density at radius 3 is 2.53 bits per heavy atom. The predicted octanol–water partition coefficient (Wildman–Crippen LogP) is 6.08. The Hall–Kier alpha value is -4.08. The molecule has 1 aromatic carbocycles. The smallest absolute Gasteiger partial charge is 0.416 e. The number of benzene rings is 1. The molecule has 10 heteroatoms. The van der Waals surface area contributed by atoms with Gasteiger partial charge < -0.3 is 20.4 Å². The third kappa shape index (κ3) is 4.80. The number of rotatable bonds is 6. The zero-order valence-corrected chi connectivity index (χ0v) is 17.8. The molecule has 1 aliphatic carbocycles. The van der Waals surface area contributed by atoms with Gasteiger partial charge in [-0.3, -0.25) is 0 Å². The molecule has 4 aromatic rings. The number of aromatic amines is 1. The summed E-state index contributed by atoms with van der Waals surface area (Å²) in [6, 6.07) is 9.13. The highest BCUT2D eigenvalue weighted by Gasteiger charge is 2.30. The van der Waals surface area contributed by atoms with E-state index in [-0.39, 0.29) is 5.69 Å². The van der Waals surface area contributed by atoms with Crippen molar-refractivity contribution in [2.45, 2.75) is 19.0 Å². The molecule has 0 atom stereocenters. The maximum absolute atomic E-state index is 12.7. The van der Waals surface area contributed by atoms with Crippen LogP contribution in [0.5, 0.6) is 5.88 Å². The number of H-pyrrole nitrogens is 1. The molecule has 34 heavy (non-hydrogen) atoms. The second-order valence-electron chi connectivity index (χ2n) is 8.08. The Labute approximate surface area is 192 Å². The summed E-state index contributed by atoms with van der Waals surface area (Å²) in [6.07, 6.45) is 2.91. The third-order valence-corrected chi connectivity index (χ3v) is 5.50. The van der Waals surface area contributed by atoms with Gasteiger partial charge in [0.1, 0.15) is 5.65 Å². The molecule has 3 N–H and O–H groups in total. The molecule has 174 valence electrons. The average molecular weight is 467 g/mol. The van der Waals surface area contributed by atoms with Crippen LogP contribution >= 0.6 is 0 Å². The Balaban J connectivity index is 1.33. The van der Waals surface area contributed by atoms with E-state index in [1.54, 1.807) is 24.7 Å². The van der Waals surface area contributed by atoms with Crippen LogP contribution in [-0.4, -0.2) is 27.6 Å². The van der Waals surface area contributed by atoms with Crippen molar-refractivity contribution in [1.82, 2.24) is 15.0 Å². The lowest BCUT2D eigenvalue weighted by Gasteiger charge is -2.11. The molecular formula is C24H20F3N5O2. The summed E-state index contributed by atoms with van der Waals surface area (Å²) >= 11 is 0. The van der Waals surface area contributed by atoms with E-state index in [0.29, 0.717) is 35.1 Å². The summed E-state index contributed by atoms with van der Waals surface area (Å²) in [5.74, 6) is 1.19. The number of nitrogens with one attached hydrogen (secondary N) is 3. The number of carbonyl (C=O) groups is 1. The summed E-state index contributed by atoms with van der Waals surface area (Å²) in [4.78, 5) is 24.2. The van der Waals surface area contributed by atoms with Crippen LogP contribution in [0.15, 0.2) is 61.1 Å². The van der Waals surface area contributed by atoms with E-state index < -0.39 is 17.8 Å². The fourth-order valence-corrected chi connectivity index (χ4v) is 3.54. The first-order valence-corrected chi connectivity index (χ1v) is 10.7. The van der Waals surface area contributed by atoms with Crippen LogP contribution < -0.4 is 15.4 Å². The maximum atomic E-state index is 12.7. The van der Waals surface area contributed by atoms with Gasteiger partial charge in [-0.25, -0.2) is 14.8 Å². The highest BCUT2D eigenvalue weighted by molar-refractivity contribution is 6.09. The zero-order valence-electron chi connectivity index (χ0n) is 17.8. The summed E-state index contributed by atoms with van der Waals surface area (Å²) in [7, 11) is 0. The van der Waals surface area contributed by atoms with Gasteiger partial charge >= 0.3 is 12.2 Å². The molecule has 1 aliphatic rings. The number of ether oxygens (including phenoxy) is 1. The number of anilines is 2. The largest absolute Gasteiger partial charge is 0.477 e. The lowest BCUT2D eigenvalue weighted by Crippen LogP contribution is -2.19. The number of hydrogen-bond acceptors (Lipinski definition) is 4. The maximum Gasteiger partial charge on any atom is 0.416 e. The Bertz CT molecular complexity index is 1310. The number of hydrogen-bond donors (Lipinski definition) is 3. The van der Waals surface area contributed by atoms with Gasteiger partial charge in [-0.1, -0.05) is 0 Å². The molecule has 1 saturated carbocycles. The summed E-state index contributed by atoms with van der Waals surface area (Å²) in [5.41, 5.74) is 2.10. The third-order valence-electron chi connectivity index (χ3n) is 5.50. The first kappa shape index (κ1) is 21.7. The van der Waals surface area contributed by atoms with Gasteiger partial charge in [0, 0.05) is 35.9 Å². The zero-order chi connectivity index (χ0) is 23.7. The van der Waals surface area contributed by atoms with Gasteiger partial charge in [0.25, 0.3) is 0 Å². The van der Waals surface area contributed by atoms with Crippen molar-refractivity contribution >= 4 is 28.4 Å². The van der Waals surface area contributed by atoms with Crippen LogP contribution in [0.25, 0.3) is 22.2 Å². The fraction of sp³-hybridized carbons (Fsp3) is 0.208. The summed E-state index contributed by atoms with van der Waals surface area (Å²) in [5, 5.41) is 5.95. The molecule has 3 aromatic heterocycles. The number of fused-ring (bicyclic) bond motifs is 1. The molecule has 2 amide bonds. The molecule has 0 bridgehead atoms. The van der Waals surface area contributed by atoms with Gasteiger partial charge in [-0.15, -0.1) is 0 Å². The standard InChI is InChI=1S/C24H20F3N5O2/c25-24(26,27)16-4-6-17(7-5-16)31-23(33)32-19-12-30-22-21(19)18(9-10-28-22)15-3-8-20(29-11-15)34-13-14-1-2-14/h3-12,14H,1-2,13H2,(H,28,30)(H2,31,32,33). The lowest BCUT2D eigenvalue weighted by molar-refractivity contribution is -0.137. The molecular weight excluding hydrogens is 447 g/mol. The summed E-state index contributed by atoms with van der Waals surface area (Å²) < 4.78 is 43.9. The molecule has 0 radical (unpaired) electrons. The van der Waals surface area contributed by atoms with Crippen molar-refractivity contribution in [3.63, 3.8) is 0 Å². The number of urea groups is 1. The van der Waals surface area contributed by atoms with E-state index in [1.165, 1.54) is 25.0 Å². The van der Waals surface area contributed by atoms with E-state index in [0.717, 1.165) is 23.3 Å². The number of pyridine rings is 2. The van der Waals surface area contributed by atoms with Crippen molar-refractivity contribution < 1.29 is 22.7 Å². The van der Waals surface area contributed by atoms with E-state index in [2.05, 4.69) is 25.6 Å². The van der Waals surface area contributed by atoms with Gasteiger partial charge in [0.05, 0.1) is 23.2 Å². The minimum atomic E-state index is -4.44. The molecule has 0 unspecified atom stereocenters. The van der Waals surface area contributed by atoms with Gasteiger partial charge in [0.15, 0.2) is 0 Å². The first-order chi connectivity index (χ1) is 16.4. The molecule has 5 rings (SSSR count). The topological polar surface area (TPSA) is 91.9 Å². The minimum absolute atomic E-state index is 0.231. The lowest BCUT2D eigenvalue weighted by atomic mass is 10.1. The highest BCUT2D eigenvalue weighted by atomic mass is 19.4. The Morgan fingerprint density at radius 1 is 1.06 bits per heavy atom. The number of aromatic nitrogens is 3. The van der Waals surface area contributed by atoms with Crippen molar-refractivity contribution in [3.8, 4) is 17.0 Å². The molecule has 0 aliphatic heterocycles. The normalized spacial score (nSPS) is 13.6. The predicted molar refractivity (Wildman–Crippen MR) is 122 cm³/mol. The Kier molecular flexibility index (Phi) is 5.56. The van der Waals surface area contributed by atoms with Crippen molar-refractivity contribution in [2.75, 3.05) is 17.2 Å². The quantitative estimate of drug-likeness (QED) is 0.321. The van der Waals surface area contributed by atoms with Gasteiger partial charge in [-0.05, 0) is 60.7 Å². The van der Waals surface area contributed by atoms with Crippen LogP contribution in [-0.2, 0) is 6.18 Å². The van der Waals surface area contributed by atoms with E-state index in [1.807, 2.05) is 12.1 Å². The number of alkyl halides is 3. The van der Waals surface area contributed by atoms with Crippen molar-refractivity contribution in [2.24, 2.45) is 5.92 Å². The second-order valence-corrected chi connectivity index (χ2v) is 8.08. The minimum Gasteiger partial charge on any atom is -0.477 e. The first-order valence-electron chi connectivity index (χ1n) is 10.7. The van der Waals surface area contributed by atoms with Crippen molar-refractivity contribution in [1.29, 1.82) is 0 Å². The summed E-state index contributed by atoms with van der Waals surface area (Å²) in [6.45, 7) is 0.672. The van der Waals surface area contributed by atoms with E-state index in [9.17, 15) is 18.0 Å².